The second-order valence-electron chi connectivity index (χ2n) is 4.25. The molecular weight excluding hydrogens is 336 g/mol. The van der Waals surface area contributed by atoms with Gasteiger partial charge in [-0.15, -0.1) is 22.7 Å². The van der Waals surface area contributed by atoms with Gasteiger partial charge < -0.3 is 5.32 Å². The SMILES string of the molecule is O=C(Cc1csc(NC(=O)c2cnccn2)n1)Nc1nccs1. The lowest BCUT2D eigenvalue weighted by atomic mass is 10.3. The summed E-state index contributed by atoms with van der Waals surface area (Å²) in [5, 5.41) is 9.73. The van der Waals surface area contributed by atoms with Crippen LogP contribution in [0, 0.1) is 0 Å². The van der Waals surface area contributed by atoms with E-state index < -0.39 is 5.91 Å². The highest BCUT2D eigenvalue weighted by atomic mass is 32.1. The van der Waals surface area contributed by atoms with Crippen molar-refractivity contribution < 1.29 is 9.59 Å². The quantitative estimate of drug-likeness (QED) is 0.729. The number of carbonyl (C=O) groups excluding carboxylic acids is 2. The fourth-order valence-corrected chi connectivity index (χ4v) is 2.89. The molecule has 2 amide bonds. The molecule has 116 valence electrons. The fraction of sp³-hybridized carbons (Fsp3) is 0.0769. The second-order valence-corrected chi connectivity index (χ2v) is 6.00. The molecule has 3 aromatic heterocycles. The molecule has 8 nitrogen and oxygen atoms in total. The Bertz CT molecular complexity index is 803. The molecule has 0 saturated heterocycles. The minimum atomic E-state index is -0.397. The summed E-state index contributed by atoms with van der Waals surface area (Å²) in [6.45, 7) is 0. The lowest BCUT2D eigenvalue weighted by Crippen LogP contribution is -2.15. The van der Waals surface area contributed by atoms with Crippen molar-refractivity contribution in [2.24, 2.45) is 0 Å². The summed E-state index contributed by atoms with van der Waals surface area (Å²) in [5.74, 6) is -0.608. The molecular formula is C13H10N6O2S2. The van der Waals surface area contributed by atoms with E-state index in [9.17, 15) is 9.59 Å². The summed E-state index contributed by atoms with van der Waals surface area (Å²) in [6.07, 6.45) is 6.01. The van der Waals surface area contributed by atoms with E-state index in [1.54, 1.807) is 17.0 Å². The van der Waals surface area contributed by atoms with Crippen LogP contribution in [0.1, 0.15) is 16.2 Å². The maximum atomic E-state index is 11.9. The van der Waals surface area contributed by atoms with Crippen LogP contribution in [0.3, 0.4) is 0 Å². The van der Waals surface area contributed by atoms with Crippen LogP contribution in [-0.4, -0.2) is 31.8 Å². The Hall–Kier alpha value is -2.72. The van der Waals surface area contributed by atoms with Crippen LogP contribution in [0.15, 0.2) is 35.5 Å². The number of hydrogen-bond acceptors (Lipinski definition) is 8. The highest BCUT2D eigenvalue weighted by Gasteiger charge is 2.12. The minimum Gasteiger partial charge on any atom is -0.302 e. The Morgan fingerprint density at radius 3 is 2.70 bits per heavy atom. The molecule has 10 heteroatoms. The lowest BCUT2D eigenvalue weighted by Gasteiger charge is -2.00. The Balaban J connectivity index is 1.57. The number of carbonyl (C=O) groups is 2. The van der Waals surface area contributed by atoms with Crippen molar-refractivity contribution in [2.75, 3.05) is 10.6 Å². The number of anilines is 2. The summed E-state index contributed by atoms with van der Waals surface area (Å²) < 4.78 is 0. The van der Waals surface area contributed by atoms with Crippen LogP contribution in [0.5, 0.6) is 0 Å². The number of amides is 2. The fourth-order valence-electron chi connectivity index (χ4n) is 1.64. The molecule has 0 aliphatic carbocycles. The lowest BCUT2D eigenvalue weighted by molar-refractivity contribution is -0.115. The van der Waals surface area contributed by atoms with E-state index >= 15 is 0 Å². The molecule has 2 N–H and O–H groups in total. The van der Waals surface area contributed by atoms with Crippen LogP contribution in [-0.2, 0) is 11.2 Å². The molecule has 0 aliphatic heterocycles. The minimum absolute atomic E-state index is 0.108. The topological polar surface area (TPSA) is 110 Å². The first kappa shape index (κ1) is 15.2. The smallest absolute Gasteiger partial charge is 0.277 e. The number of aromatic nitrogens is 4. The molecule has 0 bridgehead atoms. The van der Waals surface area contributed by atoms with E-state index in [1.165, 1.54) is 41.3 Å². The summed E-state index contributed by atoms with van der Waals surface area (Å²) in [5.41, 5.74) is 0.768. The average Bonchev–Trinajstić information content (AvgIpc) is 3.20. The average molecular weight is 346 g/mol. The second kappa shape index (κ2) is 7.03. The molecule has 0 unspecified atom stereocenters. The van der Waals surface area contributed by atoms with Gasteiger partial charge in [-0.1, -0.05) is 0 Å². The third-order valence-corrected chi connectivity index (χ3v) is 4.08. The van der Waals surface area contributed by atoms with Gasteiger partial charge in [0.15, 0.2) is 10.3 Å². The number of thiazole rings is 2. The molecule has 0 radical (unpaired) electrons. The molecule has 0 aliphatic rings. The van der Waals surface area contributed by atoms with E-state index in [-0.39, 0.29) is 18.0 Å². The van der Waals surface area contributed by atoms with Crippen LogP contribution in [0.4, 0.5) is 10.3 Å². The third-order valence-electron chi connectivity index (χ3n) is 2.59. The Morgan fingerprint density at radius 1 is 1.04 bits per heavy atom. The zero-order valence-corrected chi connectivity index (χ0v) is 13.2. The molecule has 0 atom stereocenters. The predicted molar refractivity (Wildman–Crippen MR) is 86.5 cm³/mol. The number of nitrogens with zero attached hydrogens (tertiary/aromatic N) is 4. The first-order chi connectivity index (χ1) is 11.2. The molecule has 3 aromatic rings. The Labute approximate surface area is 138 Å². The Kier molecular flexibility index (Phi) is 4.64. The van der Waals surface area contributed by atoms with Gasteiger partial charge in [0.1, 0.15) is 5.69 Å². The van der Waals surface area contributed by atoms with Crippen molar-refractivity contribution in [2.45, 2.75) is 6.42 Å². The van der Waals surface area contributed by atoms with Gasteiger partial charge in [-0.05, 0) is 0 Å². The van der Waals surface area contributed by atoms with Gasteiger partial charge in [0.25, 0.3) is 5.91 Å². The summed E-state index contributed by atoms with van der Waals surface area (Å²) >= 11 is 2.58. The Morgan fingerprint density at radius 2 is 1.96 bits per heavy atom. The monoisotopic (exact) mass is 346 g/mol. The normalized spacial score (nSPS) is 10.3. The highest BCUT2D eigenvalue weighted by molar-refractivity contribution is 7.14. The van der Waals surface area contributed by atoms with Gasteiger partial charge in [0.05, 0.1) is 18.3 Å². The molecule has 0 saturated carbocycles. The third kappa shape index (κ3) is 4.14. The molecule has 3 rings (SSSR count). The van der Waals surface area contributed by atoms with Crippen LogP contribution in [0.2, 0.25) is 0 Å². The molecule has 23 heavy (non-hydrogen) atoms. The summed E-state index contributed by atoms with van der Waals surface area (Å²) in [7, 11) is 0. The van der Waals surface area contributed by atoms with Gasteiger partial charge in [-0.25, -0.2) is 15.0 Å². The number of rotatable bonds is 5. The van der Waals surface area contributed by atoms with Gasteiger partial charge in [0, 0.05) is 29.4 Å². The van der Waals surface area contributed by atoms with Gasteiger partial charge in [-0.3, -0.25) is 19.9 Å². The first-order valence-electron chi connectivity index (χ1n) is 6.42. The van der Waals surface area contributed by atoms with E-state index in [4.69, 9.17) is 0 Å². The van der Waals surface area contributed by atoms with E-state index in [0.717, 1.165) is 0 Å². The molecule has 0 aromatic carbocycles. The van der Waals surface area contributed by atoms with Crippen LogP contribution in [0.25, 0.3) is 0 Å². The largest absolute Gasteiger partial charge is 0.302 e. The summed E-state index contributed by atoms with van der Waals surface area (Å²) in [6, 6.07) is 0. The zero-order valence-electron chi connectivity index (χ0n) is 11.6. The number of nitrogens with one attached hydrogen (secondary N) is 2. The zero-order chi connectivity index (χ0) is 16.1. The van der Waals surface area contributed by atoms with Crippen molar-refractivity contribution in [1.29, 1.82) is 0 Å². The molecule has 0 spiro atoms. The maximum Gasteiger partial charge on any atom is 0.277 e. The predicted octanol–water partition coefficient (Wildman–Crippen LogP) is 1.82. The van der Waals surface area contributed by atoms with Gasteiger partial charge in [-0.2, -0.15) is 0 Å². The van der Waals surface area contributed by atoms with Crippen molar-refractivity contribution in [3.63, 3.8) is 0 Å². The maximum absolute atomic E-state index is 11.9. The van der Waals surface area contributed by atoms with Crippen molar-refractivity contribution in [1.82, 2.24) is 19.9 Å². The van der Waals surface area contributed by atoms with E-state index in [0.29, 0.717) is 16.0 Å². The molecule has 3 heterocycles. The van der Waals surface area contributed by atoms with Crippen molar-refractivity contribution >= 4 is 44.8 Å². The summed E-state index contributed by atoms with van der Waals surface area (Å²) in [4.78, 5) is 39.7. The first-order valence-corrected chi connectivity index (χ1v) is 8.18. The van der Waals surface area contributed by atoms with Crippen LogP contribution < -0.4 is 10.6 Å². The standard InChI is InChI=1S/C13H10N6O2S2/c20-10(18-12-16-3-4-22-12)5-8-7-23-13(17-8)19-11(21)9-6-14-1-2-15-9/h1-4,6-7H,5H2,(H,16,18,20)(H,17,19,21). The van der Waals surface area contributed by atoms with Crippen LogP contribution >= 0.6 is 22.7 Å². The van der Waals surface area contributed by atoms with Crippen molar-refractivity contribution in [3.8, 4) is 0 Å². The molecule has 0 fully saturated rings. The highest BCUT2D eigenvalue weighted by Crippen LogP contribution is 2.17. The van der Waals surface area contributed by atoms with E-state index in [1.807, 2.05) is 0 Å². The number of hydrogen-bond donors (Lipinski definition) is 2. The van der Waals surface area contributed by atoms with Gasteiger partial charge >= 0.3 is 0 Å². The van der Waals surface area contributed by atoms with Gasteiger partial charge in [0.2, 0.25) is 5.91 Å². The van der Waals surface area contributed by atoms with E-state index in [2.05, 4.69) is 30.6 Å². The van der Waals surface area contributed by atoms with Crippen molar-refractivity contribution in [3.05, 3.63) is 46.9 Å².